The Balaban J connectivity index is 2.01. The van der Waals surface area contributed by atoms with Gasteiger partial charge < -0.3 is 14.9 Å². The Morgan fingerprint density at radius 2 is 1.89 bits per heavy atom. The molecule has 28 heavy (non-hydrogen) atoms. The molecule has 1 amide bonds. The minimum atomic E-state index is -5.19. The quantitative estimate of drug-likeness (QED) is 0.835. The van der Waals surface area contributed by atoms with Gasteiger partial charge in [-0.1, -0.05) is 42.5 Å². The second kappa shape index (κ2) is 7.25. The van der Waals surface area contributed by atoms with Gasteiger partial charge >= 0.3 is 6.18 Å². The molecule has 9 heteroatoms. The predicted octanol–water partition coefficient (Wildman–Crippen LogP) is 2.62. The van der Waals surface area contributed by atoms with Gasteiger partial charge in [0, 0.05) is 5.56 Å². The molecule has 0 bridgehead atoms. The van der Waals surface area contributed by atoms with E-state index in [1.54, 1.807) is 18.2 Å². The molecule has 0 saturated heterocycles. The van der Waals surface area contributed by atoms with E-state index in [9.17, 15) is 28.2 Å². The van der Waals surface area contributed by atoms with Crippen molar-refractivity contribution in [3.8, 4) is 5.75 Å². The third-order valence-corrected chi connectivity index (χ3v) is 4.40. The molecule has 6 nitrogen and oxygen atoms in total. The number of hydrogen-bond donors (Lipinski definition) is 2. The molecule has 2 N–H and O–H groups in total. The van der Waals surface area contributed by atoms with Gasteiger partial charge in [0.2, 0.25) is 0 Å². The molecule has 1 aliphatic rings. The van der Waals surface area contributed by atoms with Gasteiger partial charge in [-0.15, -0.1) is 0 Å². The van der Waals surface area contributed by atoms with Crippen molar-refractivity contribution in [2.45, 2.75) is 24.4 Å². The molecule has 0 spiro atoms. The van der Waals surface area contributed by atoms with E-state index in [1.165, 1.54) is 43.5 Å². The molecule has 0 fully saturated rings. The molecule has 0 saturated carbocycles. The van der Waals surface area contributed by atoms with E-state index in [4.69, 9.17) is 4.74 Å². The highest BCUT2D eigenvalue weighted by atomic mass is 19.4. The average Bonchev–Trinajstić information content (AvgIpc) is 3.06. The molecule has 2 atom stereocenters. The number of nitrogens with zero attached hydrogens (tertiary/aromatic N) is 2. The lowest BCUT2D eigenvalue weighted by molar-refractivity contribution is -0.303. The van der Waals surface area contributed by atoms with Crippen LogP contribution in [0.2, 0.25) is 0 Å². The number of carbonyl (C=O) groups is 1. The summed E-state index contributed by atoms with van der Waals surface area (Å²) < 4.78 is 45.9. The van der Waals surface area contributed by atoms with Crippen molar-refractivity contribution in [1.29, 1.82) is 0 Å². The SMILES string of the molecule is COc1cccc(C2=NN(C(=O)[C@@H](O)c3ccccc3)[C@](O)(C(F)(F)F)C2)c1. The number of aliphatic hydroxyl groups is 2. The smallest absolute Gasteiger partial charge is 0.438 e. The van der Waals surface area contributed by atoms with Gasteiger partial charge in [0.15, 0.2) is 6.10 Å². The van der Waals surface area contributed by atoms with Crippen molar-refractivity contribution in [2.75, 3.05) is 7.11 Å². The Morgan fingerprint density at radius 3 is 2.50 bits per heavy atom. The molecule has 0 unspecified atom stereocenters. The first-order chi connectivity index (χ1) is 13.2. The Kier molecular flexibility index (Phi) is 5.14. The Bertz CT molecular complexity index is 902. The second-order valence-corrected chi connectivity index (χ2v) is 6.23. The van der Waals surface area contributed by atoms with Crippen molar-refractivity contribution in [3.05, 3.63) is 65.7 Å². The first-order valence-corrected chi connectivity index (χ1v) is 8.25. The second-order valence-electron chi connectivity index (χ2n) is 6.23. The summed E-state index contributed by atoms with van der Waals surface area (Å²) >= 11 is 0. The summed E-state index contributed by atoms with van der Waals surface area (Å²) in [5.41, 5.74) is -3.39. The number of benzene rings is 2. The number of hydrazone groups is 1. The van der Waals surface area contributed by atoms with Crippen LogP contribution in [0.3, 0.4) is 0 Å². The number of ether oxygens (including phenoxy) is 1. The van der Waals surface area contributed by atoms with Crippen LogP contribution >= 0.6 is 0 Å². The molecule has 2 aromatic carbocycles. The fourth-order valence-corrected chi connectivity index (χ4v) is 2.86. The van der Waals surface area contributed by atoms with Crippen LogP contribution < -0.4 is 4.74 Å². The number of hydrogen-bond acceptors (Lipinski definition) is 5. The van der Waals surface area contributed by atoms with Gasteiger partial charge in [0.1, 0.15) is 5.75 Å². The van der Waals surface area contributed by atoms with Gasteiger partial charge in [0.25, 0.3) is 11.6 Å². The largest absolute Gasteiger partial charge is 0.497 e. The third kappa shape index (κ3) is 3.46. The van der Waals surface area contributed by atoms with Crippen LogP contribution in [0.5, 0.6) is 5.75 Å². The Labute approximate surface area is 158 Å². The number of aliphatic hydroxyl groups excluding tert-OH is 1. The van der Waals surface area contributed by atoms with Crippen LogP contribution in [0.25, 0.3) is 0 Å². The molecule has 2 aromatic rings. The number of rotatable bonds is 4. The molecule has 1 heterocycles. The summed E-state index contributed by atoms with van der Waals surface area (Å²) in [6, 6.07) is 13.5. The van der Waals surface area contributed by atoms with E-state index >= 15 is 0 Å². The Morgan fingerprint density at radius 1 is 1.21 bits per heavy atom. The summed E-state index contributed by atoms with van der Waals surface area (Å²) in [5.74, 6) is -1.01. The fourth-order valence-electron chi connectivity index (χ4n) is 2.86. The molecule has 1 aliphatic heterocycles. The maximum atomic E-state index is 13.6. The van der Waals surface area contributed by atoms with E-state index in [0.29, 0.717) is 5.75 Å². The maximum absolute atomic E-state index is 13.6. The zero-order valence-electron chi connectivity index (χ0n) is 14.7. The molecule has 3 rings (SSSR count). The number of carbonyl (C=O) groups excluding carboxylic acids is 1. The zero-order chi connectivity index (χ0) is 20.5. The summed E-state index contributed by atoms with van der Waals surface area (Å²) in [7, 11) is 1.40. The number of methoxy groups -OCH3 is 1. The maximum Gasteiger partial charge on any atom is 0.438 e. The fraction of sp³-hybridized carbons (Fsp3) is 0.263. The van der Waals surface area contributed by atoms with E-state index in [2.05, 4.69) is 5.10 Å². The highest BCUT2D eigenvalue weighted by Crippen LogP contribution is 2.42. The molecule has 0 radical (unpaired) electrons. The van der Waals surface area contributed by atoms with Crippen molar-refractivity contribution < 1.29 is 32.9 Å². The van der Waals surface area contributed by atoms with E-state index in [0.717, 1.165) is 0 Å². The van der Waals surface area contributed by atoms with Gasteiger partial charge in [-0.05, 0) is 17.7 Å². The van der Waals surface area contributed by atoms with Gasteiger partial charge in [-0.3, -0.25) is 4.79 Å². The van der Waals surface area contributed by atoms with Crippen LogP contribution in [0.15, 0.2) is 59.7 Å². The summed E-state index contributed by atoms with van der Waals surface area (Å²) in [5, 5.41) is 24.2. The number of halogens is 3. The highest BCUT2D eigenvalue weighted by molar-refractivity contribution is 6.04. The molecule has 0 aliphatic carbocycles. The summed E-state index contributed by atoms with van der Waals surface area (Å²) in [6.45, 7) is 0. The van der Waals surface area contributed by atoms with Crippen LogP contribution in [0, 0.1) is 0 Å². The van der Waals surface area contributed by atoms with Crippen molar-refractivity contribution in [1.82, 2.24) is 5.01 Å². The van der Waals surface area contributed by atoms with Crippen LogP contribution in [-0.4, -0.2) is 45.9 Å². The lowest BCUT2D eigenvalue weighted by Crippen LogP contribution is -2.57. The minimum absolute atomic E-state index is 0.0839. The van der Waals surface area contributed by atoms with Crippen molar-refractivity contribution in [3.63, 3.8) is 0 Å². The first-order valence-electron chi connectivity index (χ1n) is 8.25. The topological polar surface area (TPSA) is 82.4 Å². The summed E-state index contributed by atoms with van der Waals surface area (Å²) in [4.78, 5) is 12.6. The minimum Gasteiger partial charge on any atom is -0.497 e. The predicted molar refractivity (Wildman–Crippen MR) is 93.4 cm³/mol. The first kappa shape index (κ1) is 19.8. The van der Waals surface area contributed by atoms with E-state index in [-0.39, 0.29) is 21.8 Å². The monoisotopic (exact) mass is 394 g/mol. The summed E-state index contributed by atoms with van der Waals surface area (Å²) in [6.07, 6.45) is -8.08. The molecule has 0 aromatic heterocycles. The van der Waals surface area contributed by atoms with Gasteiger partial charge in [0.05, 0.1) is 19.2 Å². The number of alkyl halides is 3. The molecular weight excluding hydrogens is 377 g/mol. The third-order valence-electron chi connectivity index (χ3n) is 4.40. The van der Waals surface area contributed by atoms with Crippen molar-refractivity contribution in [2.24, 2.45) is 5.10 Å². The van der Waals surface area contributed by atoms with Crippen molar-refractivity contribution >= 4 is 11.6 Å². The Hall–Kier alpha value is -2.91. The lowest BCUT2D eigenvalue weighted by Gasteiger charge is -2.33. The van der Waals surface area contributed by atoms with E-state index < -0.39 is 30.3 Å². The molecule has 148 valence electrons. The zero-order valence-corrected chi connectivity index (χ0v) is 14.7. The highest BCUT2D eigenvalue weighted by Gasteiger charge is 2.63. The molecular formula is C19H17F3N2O4. The normalized spacial score (nSPS) is 20.6. The van der Waals surface area contributed by atoms with Crippen LogP contribution in [0.1, 0.15) is 23.7 Å². The van der Waals surface area contributed by atoms with Crippen LogP contribution in [0.4, 0.5) is 13.2 Å². The van der Waals surface area contributed by atoms with Gasteiger partial charge in [-0.25, -0.2) is 0 Å². The average molecular weight is 394 g/mol. The van der Waals surface area contributed by atoms with Gasteiger partial charge in [-0.2, -0.15) is 23.3 Å². The standard InChI is InChI=1S/C19H17F3N2O4/c1-28-14-9-5-8-13(10-14)15-11-18(27,19(20,21)22)24(23-15)17(26)16(25)12-6-3-2-4-7-12/h2-10,16,25,27H,11H2,1H3/t16-,18+/m0/s1. The van der Waals surface area contributed by atoms with Crippen LogP contribution in [-0.2, 0) is 4.79 Å². The lowest BCUT2D eigenvalue weighted by atomic mass is 10.00. The number of amides is 1. The van der Waals surface area contributed by atoms with E-state index in [1.807, 2.05) is 0 Å².